The summed E-state index contributed by atoms with van der Waals surface area (Å²) in [7, 11) is 1.61. The van der Waals surface area contributed by atoms with Crippen molar-refractivity contribution in [2.24, 2.45) is 0 Å². The first-order valence-electron chi connectivity index (χ1n) is 4.78. The van der Waals surface area contributed by atoms with E-state index in [1.807, 2.05) is 25.1 Å². The van der Waals surface area contributed by atoms with Gasteiger partial charge >= 0.3 is 0 Å². The van der Waals surface area contributed by atoms with E-state index in [0.29, 0.717) is 11.7 Å². The van der Waals surface area contributed by atoms with Gasteiger partial charge in [-0.15, -0.1) is 11.6 Å². The van der Waals surface area contributed by atoms with Crippen LogP contribution in [0.4, 0.5) is 0 Å². The molecule has 1 aromatic heterocycles. The van der Waals surface area contributed by atoms with Gasteiger partial charge in [-0.3, -0.25) is 0 Å². The zero-order chi connectivity index (χ0) is 11.5. The number of benzene rings is 1. The molecule has 0 fully saturated rings. The fourth-order valence-corrected chi connectivity index (χ4v) is 1.51. The maximum absolute atomic E-state index is 5.60. The highest BCUT2D eigenvalue weighted by Crippen LogP contribution is 2.28. The number of aryl methyl sites for hydroxylation is 1. The Morgan fingerprint density at radius 1 is 1.44 bits per heavy atom. The number of halogens is 1. The van der Waals surface area contributed by atoms with Crippen LogP contribution in [0.3, 0.4) is 0 Å². The Morgan fingerprint density at radius 3 is 2.88 bits per heavy atom. The Hall–Kier alpha value is -1.55. The highest BCUT2D eigenvalue weighted by atomic mass is 35.5. The number of ether oxygens (including phenoxy) is 1. The van der Waals surface area contributed by atoms with Crippen LogP contribution in [0.15, 0.2) is 22.7 Å². The Morgan fingerprint density at radius 2 is 2.25 bits per heavy atom. The quantitative estimate of drug-likeness (QED) is 0.772. The van der Waals surface area contributed by atoms with Crippen LogP contribution in [0.25, 0.3) is 11.4 Å². The molecule has 0 radical (unpaired) electrons. The highest BCUT2D eigenvalue weighted by molar-refractivity contribution is 6.16. The molecule has 0 spiro atoms. The van der Waals surface area contributed by atoms with Crippen molar-refractivity contribution < 1.29 is 9.26 Å². The van der Waals surface area contributed by atoms with Crippen LogP contribution in [0, 0.1) is 6.92 Å². The van der Waals surface area contributed by atoms with Gasteiger partial charge in [0.15, 0.2) is 0 Å². The minimum Gasteiger partial charge on any atom is -0.496 e. The summed E-state index contributed by atoms with van der Waals surface area (Å²) in [6, 6.07) is 5.79. The molecule has 0 saturated heterocycles. The normalized spacial score (nSPS) is 10.4. The number of rotatable bonds is 3. The van der Waals surface area contributed by atoms with E-state index in [1.54, 1.807) is 7.11 Å². The molecule has 16 heavy (non-hydrogen) atoms. The fourth-order valence-electron chi connectivity index (χ4n) is 1.40. The molecule has 0 N–H and O–H groups in total. The third-order valence-electron chi connectivity index (χ3n) is 2.18. The summed E-state index contributed by atoms with van der Waals surface area (Å²) in [5.74, 6) is 1.83. The van der Waals surface area contributed by atoms with Crippen LogP contribution in [-0.2, 0) is 5.88 Å². The minimum absolute atomic E-state index is 0.210. The van der Waals surface area contributed by atoms with Gasteiger partial charge in [0, 0.05) is 0 Å². The summed E-state index contributed by atoms with van der Waals surface area (Å²) in [4.78, 5) is 4.15. The molecule has 5 heteroatoms. The average Bonchev–Trinajstić information content (AvgIpc) is 2.77. The lowest BCUT2D eigenvalue weighted by molar-refractivity contribution is 0.389. The monoisotopic (exact) mass is 238 g/mol. The van der Waals surface area contributed by atoms with E-state index in [2.05, 4.69) is 10.1 Å². The molecule has 2 rings (SSSR count). The van der Waals surface area contributed by atoms with Crippen molar-refractivity contribution in [2.75, 3.05) is 7.11 Å². The van der Waals surface area contributed by atoms with Crippen LogP contribution in [0.5, 0.6) is 5.75 Å². The number of methoxy groups -OCH3 is 1. The maximum atomic E-state index is 5.60. The van der Waals surface area contributed by atoms with Gasteiger partial charge in [0.1, 0.15) is 11.6 Å². The summed E-state index contributed by atoms with van der Waals surface area (Å²) in [6.07, 6.45) is 0. The Balaban J connectivity index is 2.46. The summed E-state index contributed by atoms with van der Waals surface area (Å²) >= 11 is 5.60. The molecule has 0 aliphatic rings. The topological polar surface area (TPSA) is 48.2 Å². The molecule has 0 unspecified atom stereocenters. The molecule has 0 aliphatic heterocycles. The predicted octanol–water partition coefficient (Wildman–Crippen LogP) is 2.79. The lowest BCUT2D eigenvalue weighted by Gasteiger charge is -2.05. The Kier molecular flexibility index (Phi) is 3.10. The molecular formula is C11H11ClN2O2. The molecule has 4 nitrogen and oxygen atoms in total. The molecule has 1 heterocycles. The van der Waals surface area contributed by atoms with Crippen LogP contribution in [-0.4, -0.2) is 17.3 Å². The van der Waals surface area contributed by atoms with Gasteiger partial charge in [0.25, 0.3) is 0 Å². The maximum Gasteiger partial charge on any atom is 0.241 e. The Bertz CT molecular complexity index is 496. The standard InChI is InChI=1S/C11H11ClN2O2/c1-7-3-4-8(9(5-7)15-2)11-13-10(6-12)16-14-11/h3-5H,6H2,1-2H3. The van der Waals surface area contributed by atoms with Crippen LogP contribution < -0.4 is 4.74 Å². The predicted molar refractivity (Wildman–Crippen MR) is 60.6 cm³/mol. The summed E-state index contributed by atoms with van der Waals surface area (Å²) < 4.78 is 10.2. The van der Waals surface area contributed by atoms with E-state index in [9.17, 15) is 0 Å². The highest BCUT2D eigenvalue weighted by Gasteiger charge is 2.12. The van der Waals surface area contributed by atoms with Gasteiger partial charge in [-0.25, -0.2) is 0 Å². The first-order chi connectivity index (χ1) is 7.74. The van der Waals surface area contributed by atoms with Crippen molar-refractivity contribution in [1.29, 1.82) is 0 Å². The lowest BCUT2D eigenvalue weighted by Crippen LogP contribution is -1.90. The zero-order valence-corrected chi connectivity index (χ0v) is 9.78. The third kappa shape index (κ3) is 2.02. The SMILES string of the molecule is COc1cc(C)ccc1-c1noc(CCl)n1. The first-order valence-corrected chi connectivity index (χ1v) is 5.31. The van der Waals surface area contributed by atoms with Gasteiger partial charge in [-0.05, 0) is 24.6 Å². The van der Waals surface area contributed by atoms with Gasteiger partial charge in [0.05, 0.1) is 12.7 Å². The molecule has 84 valence electrons. The number of alkyl halides is 1. The summed E-state index contributed by atoms with van der Waals surface area (Å²) in [5.41, 5.74) is 1.91. The van der Waals surface area contributed by atoms with Crippen molar-refractivity contribution in [3.63, 3.8) is 0 Å². The van der Waals surface area contributed by atoms with E-state index >= 15 is 0 Å². The molecule has 0 atom stereocenters. The second-order valence-corrected chi connectivity index (χ2v) is 3.62. The number of aromatic nitrogens is 2. The number of hydrogen-bond donors (Lipinski definition) is 0. The molecule has 0 saturated carbocycles. The van der Waals surface area contributed by atoms with Gasteiger partial charge < -0.3 is 9.26 Å². The minimum atomic E-state index is 0.210. The van der Waals surface area contributed by atoms with Crippen molar-refractivity contribution in [1.82, 2.24) is 10.1 Å². The first kappa shape index (κ1) is 11.0. The van der Waals surface area contributed by atoms with Gasteiger partial charge in [-0.1, -0.05) is 11.2 Å². The van der Waals surface area contributed by atoms with Crippen LogP contribution in [0.2, 0.25) is 0 Å². The van der Waals surface area contributed by atoms with E-state index in [4.69, 9.17) is 20.9 Å². The lowest BCUT2D eigenvalue weighted by atomic mass is 10.1. The molecule has 0 bridgehead atoms. The average molecular weight is 239 g/mol. The molecule has 1 aromatic carbocycles. The van der Waals surface area contributed by atoms with Gasteiger partial charge in [-0.2, -0.15) is 4.98 Å². The van der Waals surface area contributed by atoms with E-state index in [0.717, 1.165) is 16.9 Å². The van der Waals surface area contributed by atoms with Crippen LogP contribution in [0.1, 0.15) is 11.5 Å². The van der Waals surface area contributed by atoms with E-state index < -0.39 is 0 Å². The van der Waals surface area contributed by atoms with Crippen molar-refractivity contribution in [3.05, 3.63) is 29.7 Å². The summed E-state index contributed by atoms with van der Waals surface area (Å²) in [6.45, 7) is 1.99. The third-order valence-corrected chi connectivity index (χ3v) is 2.41. The van der Waals surface area contributed by atoms with Crippen molar-refractivity contribution in [2.45, 2.75) is 12.8 Å². The second kappa shape index (κ2) is 4.53. The number of hydrogen-bond acceptors (Lipinski definition) is 4. The molecule has 0 aliphatic carbocycles. The summed E-state index contributed by atoms with van der Waals surface area (Å²) in [5, 5.41) is 3.84. The van der Waals surface area contributed by atoms with E-state index in [1.165, 1.54) is 0 Å². The second-order valence-electron chi connectivity index (χ2n) is 3.35. The van der Waals surface area contributed by atoms with E-state index in [-0.39, 0.29) is 5.88 Å². The zero-order valence-electron chi connectivity index (χ0n) is 9.03. The fraction of sp³-hybridized carbons (Fsp3) is 0.273. The number of nitrogens with zero attached hydrogens (tertiary/aromatic N) is 2. The van der Waals surface area contributed by atoms with Crippen LogP contribution >= 0.6 is 11.6 Å². The molecule has 0 amide bonds. The van der Waals surface area contributed by atoms with Crippen molar-refractivity contribution in [3.8, 4) is 17.1 Å². The smallest absolute Gasteiger partial charge is 0.241 e. The van der Waals surface area contributed by atoms with Crippen molar-refractivity contribution >= 4 is 11.6 Å². The van der Waals surface area contributed by atoms with Gasteiger partial charge in [0.2, 0.25) is 11.7 Å². The Labute approximate surface area is 98.2 Å². The molecule has 2 aromatic rings. The molecular weight excluding hydrogens is 228 g/mol. The largest absolute Gasteiger partial charge is 0.496 e.